The summed E-state index contributed by atoms with van der Waals surface area (Å²) in [6, 6.07) is 4.14. The minimum atomic E-state index is -1.40. The van der Waals surface area contributed by atoms with Crippen LogP contribution in [-0.4, -0.2) is 51.1 Å². The van der Waals surface area contributed by atoms with Crippen LogP contribution in [0.25, 0.3) is 22.3 Å². The van der Waals surface area contributed by atoms with Gasteiger partial charge in [-0.25, -0.2) is 23.7 Å². The quantitative estimate of drug-likeness (QED) is 0.364. The van der Waals surface area contributed by atoms with Crippen LogP contribution in [0.1, 0.15) is 37.2 Å². The zero-order chi connectivity index (χ0) is 25.5. The second-order valence-corrected chi connectivity index (χ2v) is 9.51. The largest absolute Gasteiger partial charge is 0.356 e. The van der Waals surface area contributed by atoms with E-state index in [0.717, 1.165) is 55.5 Å². The van der Waals surface area contributed by atoms with Crippen LogP contribution in [-0.2, 0) is 0 Å². The first-order valence-electron chi connectivity index (χ1n) is 12.3. The number of pyridine rings is 3. The summed E-state index contributed by atoms with van der Waals surface area (Å²) >= 11 is 0. The third-order valence-corrected chi connectivity index (χ3v) is 6.98. The van der Waals surface area contributed by atoms with Gasteiger partial charge in [-0.2, -0.15) is 9.37 Å². The van der Waals surface area contributed by atoms with Gasteiger partial charge < -0.3 is 15.5 Å². The number of hydrogen-bond acceptors (Lipinski definition) is 8. The molecule has 0 atom stereocenters. The molecule has 5 heterocycles. The molecule has 11 heteroatoms. The van der Waals surface area contributed by atoms with Crippen LogP contribution in [0.5, 0.6) is 0 Å². The first kappa shape index (κ1) is 23.5. The number of nitrogens with zero attached hydrogens (tertiary/aromatic N) is 6. The molecular weight excluding hydrogens is 481 g/mol. The highest BCUT2D eigenvalue weighted by Gasteiger charge is 2.30. The van der Waals surface area contributed by atoms with Crippen LogP contribution in [0.3, 0.4) is 0 Å². The summed E-state index contributed by atoms with van der Waals surface area (Å²) < 4.78 is 41.0. The molecule has 0 unspecified atom stereocenters. The Morgan fingerprint density at radius 1 is 0.973 bits per heavy atom. The average molecular weight is 507 g/mol. The molecule has 2 fully saturated rings. The second-order valence-electron chi connectivity index (χ2n) is 9.51. The molecule has 1 aliphatic carbocycles. The molecule has 1 aliphatic heterocycles. The van der Waals surface area contributed by atoms with Gasteiger partial charge in [0.05, 0.1) is 11.7 Å². The van der Waals surface area contributed by atoms with Crippen LogP contribution in [0.4, 0.5) is 30.6 Å². The van der Waals surface area contributed by atoms with Gasteiger partial charge in [0.15, 0.2) is 23.3 Å². The van der Waals surface area contributed by atoms with Crippen molar-refractivity contribution in [2.75, 3.05) is 30.4 Å². The van der Waals surface area contributed by atoms with Gasteiger partial charge in [-0.1, -0.05) is 0 Å². The summed E-state index contributed by atoms with van der Waals surface area (Å²) in [7, 11) is 2.08. The Balaban J connectivity index is 1.42. The van der Waals surface area contributed by atoms with Crippen LogP contribution < -0.4 is 15.5 Å². The SMILES string of the molecule is CN(c1nc(-c2ccnc(Nc3nc(F)c(F)cc3F)c2)nc2cncc(C3CC3)c12)C1CCNCC1. The highest BCUT2D eigenvalue weighted by molar-refractivity contribution is 5.94. The molecule has 0 aromatic carbocycles. The smallest absolute Gasteiger partial charge is 0.251 e. The molecule has 6 rings (SSSR count). The number of hydrogen-bond donors (Lipinski definition) is 2. The third-order valence-electron chi connectivity index (χ3n) is 6.98. The van der Waals surface area contributed by atoms with E-state index in [-0.39, 0.29) is 5.82 Å². The molecule has 0 radical (unpaired) electrons. The van der Waals surface area contributed by atoms with Gasteiger partial charge in [0.2, 0.25) is 0 Å². The minimum absolute atomic E-state index is 0.191. The Bertz CT molecular complexity index is 1470. The van der Waals surface area contributed by atoms with Gasteiger partial charge in [-0.15, -0.1) is 0 Å². The summed E-state index contributed by atoms with van der Waals surface area (Å²) in [5, 5.41) is 7.06. The molecule has 0 amide bonds. The number of fused-ring (bicyclic) bond motifs is 1. The molecule has 37 heavy (non-hydrogen) atoms. The standard InChI is InChI=1S/C26H25F3N8/c1-37(16-5-7-30-8-6-16)26-22-17(14-2-3-14)12-31-13-20(22)33-24(36-26)15-4-9-32-21(10-15)34-25-19(28)11-18(27)23(29)35-25/h4,9-14,16,30H,2-3,5-8H2,1H3,(H,32,34,35). The van der Waals surface area contributed by atoms with Crippen molar-refractivity contribution in [1.82, 2.24) is 30.2 Å². The van der Waals surface area contributed by atoms with E-state index in [2.05, 4.69) is 37.5 Å². The Kier molecular flexibility index (Phi) is 6.07. The minimum Gasteiger partial charge on any atom is -0.356 e. The monoisotopic (exact) mass is 506 g/mol. The maximum Gasteiger partial charge on any atom is 0.251 e. The van der Waals surface area contributed by atoms with Crippen molar-refractivity contribution >= 4 is 28.4 Å². The van der Waals surface area contributed by atoms with E-state index in [4.69, 9.17) is 9.97 Å². The van der Waals surface area contributed by atoms with Crippen molar-refractivity contribution in [2.24, 2.45) is 0 Å². The van der Waals surface area contributed by atoms with Crippen LogP contribution in [0.2, 0.25) is 0 Å². The van der Waals surface area contributed by atoms with Gasteiger partial charge in [0.1, 0.15) is 11.6 Å². The van der Waals surface area contributed by atoms with Crippen LogP contribution in [0.15, 0.2) is 36.8 Å². The molecule has 0 bridgehead atoms. The van der Waals surface area contributed by atoms with Crippen molar-refractivity contribution < 1.29 is 13.2 Å². The zero-order valence-electron chi connectivity index (χ0n) is 20.2. The number of aromatic nitrogens is 5. The molecule has 0 spiro atoms. The summed E-state index contributed by atoms with van der Waals surface area (Å²) in [4.78, 5) is 24.0. The Morgan fingerprint density at radius 2 is 1.78 bits per heavy atom. The number of anilines is 3. The molecule has 1 saturated heterocycles. The predicted octanol–water partition coefficient (Wildman–Crippen LogP) is 4.71. The van der Waals surface area contributed by atoms with Crippen molar-refractivity contribution in [2.45, 2.75) is 37.6 Å². The van der Waals surface area contributed by atoms with E-state index in [9.17, 15) is 13.2 Å². The predicted molar refractivity (Wildman–Crippen MR) is 134 cm³/mol. The van der Waals surface area contributed by atoms with Crippen molar-refractivity contribution in [3.05, 3.63) is 59.9 Å². The molecule has 4 aromatic rings. The van der Waals surface area contributed by atoms with E-state index >= 15 is 0 Å². The van der Waals surface area contributed by atoms with Gasteiger partial charge >= 0.3 is 0 Å². The van der Waals surface area contributed by atoms with Gasteiger partial charge in [0.25, 0.3) is 5.95 Å². The first-order chi connectivity index (χ1) is 18.0. The molecule has 190 valence electrons. The Labute approximate surface area is 211 Å². The molecule has 2 N–H and O–H groups in total. The average Bonchev–Trinajstić information content (AvgIpc) is 3.77. The lowest BCUT2D eigenvalue weighted by atomic mass is 10.0. The Morgan fingerprint density at radius 3 is 2.57 bits per heavy atom. The first-order valence-corrected chi connectivity index (χ1v) is 12.3. The van der Waals surface area contributed by atoms with Crippen molar-refractivity contribution in [1.29, 1.82) is 0 Å². The normalized spacial score (nSPS) is 16.2. The highest BCUT2D eigenvalue weighted by atomic mass is 19.2. The summed E-state index contributed by atoms with van der Waals surface area (Å²) in [6.45, 7) is 1.91. The summed E-state index contributed by atoms with van der Waals surface area (Å²) in [5.74, 6) is -2.28. The fraction of sp³-hybridized carbons (Fsp3) is 0.346. The third kappa shape index (κ3) is 4.66. The number of piperidine rings is 1. The Hall–Kier alpha value is -3.86. The highest BCUT2D eigenvalue weighted by Crippen LogP contribution is 2.45. The van der Waals surface area contributed by atoms with Crippen LogP contribution in [0, 0.1) is 17.6 Å². The van der Waals surface area contributed by atoms with Gasteiger partial charge in [-0.05, 0) is 62.4 Å². The lowest BCUT2D eigenvalue weighted by Gasteiger charge is -2.33. The van der Waals surface area contributed by atoms with E-state index in [1.165, 1.54) is 11.8 Å². The van der Waals surface area contributed by atoms with Gasteiger partial charge in [0, 0.05) is 42.5 Å². The maximum absolute atomic E-state index is 14.1. The summed E-state index contributed by atoms with van der Waals surface area (Å²) in [5.41, 5.74) is 2.56. The van der Waals surface area contributed by atoms with E-state index in [0.29, 0.717) is 29.4 Å². The van der Waals surface area contributed by atoms with E-state index < -0.39 is 23.4 Å². The van der Waals surface area contributed by atoms with E-state index in [1.54, 1.807) is 18.3 Å². The van der Waals surface area contributed by atoms with Crippen molar-refractivity contribution in [3.63, 3.8) is 0 Å². The topological polar surface area (TPSA) is 91.8 Å². The van der Waals surface area contributed by atoms with E-state index in [1.807, 2.05) is 6.20 Å². The lowest BCUT2D eigenvalue weighted by molar-refractivity contribution is 0.442. The molecule has 4 aromatic heterocycles. The zero-order valence-corrected chi connectivity index (χ0v) is 20.2. The van der Waals surface area contributed by atoms with Crippen LogP contribution >= 0.6 is 0 Å². The number of nitrogens with one attached hydrogen (secondary N) is 2. The molecule has 2 aliphatic rings. The number of halogens is 3. The second kappa shape index (κ2) is 9.55. The lowest BCUT2D eigenvalue weighted by Crippen LogP contribution is -2.41. The molecular formula is C26H25F3N8. The number of rotatable bonds is 6. The molecule has 1 saturated carbocycles. The fourth-order valence-corrected chi connectivity index (χ4v) is 4.84. The molecule has 8 nitrogen and oxygen atoms in total. The summed E-state index contributed by atoms with van der Waals surface area (Å²) in [6.07, 6.45) is 9.49. The maximum atomic E-state index is 14.1. The van der Waals surface area contributed by atoms with Crippen molar-refractivity contribution in [3.8, 4) is 11.4 Å². The fourth-order valence-electron chi connectivity index (χ4n) is 4.84. The van der Waals surface area contributed by atoms with Gasteiger partial charge in [-0.3, -0.25) is 4.98 Å².